The molecule has 1 aliphatic heterocycles. The zero-order chi connectivity index (χ0) is 12.3. The Morgan fingerprint density at radius 3 is 2.41 bits per heavy atom. The van der Waals surface area contributed by atoms with E-state index in [-0.39, 0.29) is 12.0 Å². The molecule has 0 spiro atoms. The summed E-state index contributed by atoms with van der Waals surface area (Å²) in [5, 5.41) is 9.18. The van der Waals surface area contributed by atoms with E-state index in [1.807, 2.05) is 19.1 Å². The van der Waals surface area contributed by atoms with Gasteiger partial charge in [-0.15, -0.1) is 0 Å². The number of aliphatic hydroxyl groups excluding tert-OH is 1. The van der Waals surface area contributed by atoms with Crippen LogP contribution in [0.1, 0.15) is 17.3 Å². The average Bonchev–Trinajstić information content (AvgIpc) is 2.40. The molecule has 1 aliphatic rings. The predicted octanol–water partition coefficient (Wildman–Crippen LogP) is 0.240. The predicted molar refractivity (Wildman–Crippen MR) is 64.3 cm³/mol. The van der Waals surface area contributed by atoms with Crippen molar-refractivity contribution in [3.8, 4) is 0 Å². The molecule has 0 saturated carbocycles. The SMILES string of the molecule is CC1(CO)COB(c2ccc(C=O)cc2)OC1. The molecule has 90 valence electrons. The highest BCUT2D eigenvalue weighted by molar-refractivity contribution is 6.61. The third-order valence-electron chi connectivity index (χ3n) is 2.89. The quantitative estimate of drug-likeness (QED) is 0.601. The van der Waals surface area contributed by atoms with Crippen LogP contribution in [0.5, 0.6) is 0 Å². The molecule has 0 radical (unpaired) electrons. The van der Waals surface area contributed by atoms with Gasteiger partial charge in [-0.2, -0.15) is 0 Å². The van der Waals surface area contributed by atoms with Crippen LogP contribution >= 0.6 is 0 Å². The average molecular weight is 234 g/mol. The van der Waals surface area contributed by atoms with Crippen molar-refractivity contribution in [1.82, 2.24) is 0 Å². The van der Waals surface area contributed by atoms with Gasteiger partial charge in [0.25, 0.3) is 0 Å². The molecular weight excluding hydrogens is 219 g/mol. The van der Waals surface area contributed by atoms with E-state index >= 15 is 0 Å². The Bertz CT molecular complexity index is 382. The number of aliphatic hydroxyl groups is 1. The first-order valence-electron chi connectivity index (χ1n) is 5.56. The molecule has 0 aliphatic carbocycles. The van der Waals surface area contributed by atoms with Crippen molar-refractivity contribution >= 4 is 18.9 Å². The van der Waals surface area contributed by atoms with Gasteiger partial charge in [-0.1, -0.05) is 31.2 Å². The first-order chi connectivity index (χ1) is 8.17. The van der Waals surface area contributed by atoms with Crippen LogP contribution < -0.4 is 5.46 Å². The van der Waals surface area contributed by atoms with Crippen LogP contribution in [0.4, 0.5) is 0 Å². The molecule has 1 saturated heterocycles. The lowest BCUT2D eigenvalue weighted by Gasteiger charge is -2.34. The van der Waals surface area contributed by atoms with Crippen LogP contribution in [0.15, 0.2) is 24.3 Å². The topological polar surface area (TPSA) is 55.8 Å². The van der Waals surface area contributed by atoms with Crippen LogP contribution in [0.3, 0.4) is 0 Å². The number of carbonyl (C=O) groups is 1. The van der Waals surface area contributed by atoms with Crippen molar-refractivity contribution < 1.29 is 19.2 Å². The lowest BCUT2D eigenvalue weighted by molar-refractivity contribution is -0.0145. The summed E-state index contributed by atoms with van der Waals surface area (Å²) in [5.74, 6) is 0. The minimum atomic E-state index is -0.407. The molecule has 5 heteroatoms. The second-order valence-corrected chi connectivity index (χ2v) is 4.71. The molecule has 0 amide bonds. The highest BCUT2D eigenvalue weighted by Gasteiger charge is 2.35. The van der Waals surface area contributed by atoms with E-state index in [1.165, 1.54) is 0 Å². The summed E-state index contributed by atoms with van der Waals surface area (Å²) in [7, 11) is -0.407. The van der Waals surface area contributed by atoms with Crippen molar-refractivity contribution in [3.05, 3.63) is 29.8 Å². The first-order valence-corrected chi connectivity index (χ1v) is 5.56. The van der Waals surface area contributed by atoms with Gasteiger partial charge in [0.05, 0.1) is 6.61 Å². The van der Waals surface area contributed by atoms with Crippen LogP contribution in [0, 0.1) is 5.41 Å². The van der Waals surface area contributed by atoms with Gasteiger partial charge < -0.3 is 14.4 Å². The zero-order valence-electron chi connectivity index (χ0n) is 9.76. The summed E-state index contributed by atoms with van der Waals surface area (Å²) >= 11 is 0. The molecule has 1 aromatic rings. The standard InChI is InChI=1S/C12H15BO4/c1-12(7-15)8-16-13(17-9-12)11-4-2-10(6-14)3-5-11/h2-6,15H,7-9H2,1H3. The van der Waals surface area contributed by atoms with Gasteiger partial charge in [0.1, 0.15) is 6.29 Å². The molecule has 1 N–H and O–H groups in total. The molecule has 2 rings (SSSR count). The van der Waals surface area contributed by atoms with Gasteiger partial charge in [-0.3, -0.25) is 4.79 Å². The van der Waals surface area contributed by atoms with E-state index < -0.39 is 7.12 Å². The van der Waals surface area contributed by atoms with E-state index in [9.17, 15) is 9.90 Å². The monoisotopic (exact) mass is 234 g/mol. The molecule has 0 bridgehead atoms. The lowest BCUT2D eigenvalue weighted by atomic mass is 9.75. The zero-order valence-corrected chi connectivity index (χ0v) is 9.76. The highest BCUT2D eigenvalue weighted by atomic mass is 16.6. The number of benzene rings is 1. The number of rotatable bonds is 3. The van der Waals surface area contributed by atoms with Gasteiger partial charge in [0, 0.05) is 24.2 Å². The van der Waals surface area contributed by atoms with Crippen LogP contribution in [-0.2, 0) is 9.31 Å². The van der Waals surface area contributed by atoms with Gasteiger partial charge >= 0.3 is 7.12 Å². The minimum Gasteiger partial charge on any atom is -0.407 e. The van der Waals surface area contributed by atoms with Crippen molar-refractivity contribution in [2.75, 3.05) is 19.8 Å². The lowest BCUT2D eigenvalue weighted by Crippen LogP contribution is -2.49. The summed E-state index contributed by atoms with van der Waals surface area (Å²) in [6.07, 6.45) is 0.801. The van der Waals surface area contributed by atoms with Crippen LogP contribution in [0.2, 0.25) is 0 Å². The Hall–Kier alpha value is -1.17. The Balaban J connectivity index is 2.02. The largest absolute Gasteiger partial charge is 0.493 e. The van der Waals surface area contributed by atoms with Crippen molar-refractivity contribution in [3.63, 3.8) is 0 Å². The number of hydrogen-bond donors (Lipinski definition) is 1. The van der Waals surface area contributed by atoms with Gasteiger partial charge in [0.15, 0.2) is 0 Å². The molecule has 17 heavy (non-hydrogen) atoms. The summed E-state index contributed by atoms with van der Waals surface area (Å²) in [6.45, 7) is 2.88. The van der Waals surface area contributed by atoms with E-state index in [2.05, 4.69) is 0 Å². The fraction of sp³-hybridized carbons (Fsp3) is 0.417. The molecule has 0 unspecified atom stereocenters. The second kappa shape index (κ2) is 5.00. The fourth-order valence-electron chi connectivity index (χ4n) is 1.66. The van der Waals surface area contributed by atoms with Crippen molar-refractivity contribution in [2.45, 2.75) is 6.92 Å². The van der Waals surface area contributed by atoms with Crippen LogP contribution in [-0.4, -0.2) is 38.3 Å². The van der Waals surface area contributed by atoms with Crippen molar-refractivity contribution in [1.29, 1.82) is 0 Å². The molecule has 4 nitrogen and oxygen atoms in total. The van der Waals surface area contributed by atoms with Gasteiger partial charge in [-0.25, -0.2) is 0 Å². The smallest absolute Gasteiger partial charge is 0.407 e. The van der Waals surface area contributed by atoms with E-state index in [0.717, 1.165) is 11.7 Å². The molecule has 1 aromatic carbocycles. The maximum atomic E-state index is 10.5. The van der Waals surface area contributed by atoms with E-state index in [1.54, 1.807) is 12.1 Å². The first kappa shape index (κ1) is 12.3. The highest BCUT2D eigenvalue weighted by Crippen LogP contribution is 2.21. The summed E-state index contributed by atoms with van der Waals surface area (Å²) in [6, 6.07) is 7.09. The molecule has 0 atom stereocenters. The number of carbonyl (C=O) groups excluding carboxylic acids is 1. The third kappa shape index (κ3) is 2.75. The summed E-state index contributed by atoms with van der Waals surface area (Å²) in [4.78, 5) is 10.5. The van der Waals surface area contributed by atoms with Gasteiger partial charge in [-0.05, 0) is 5.46 Å². The molecule has 1 heterocycles. The fourth-order valence-corrected chi connectivity index (χ4v) is 1.66. The third-order valence-corrected chi connectivity index (χ3v) is 2.89. The maximum Gasteiger partial charge on any atom is 0.493 e. The molecule has 1 fully saturated rings. The summed E-state index contributed by atoms with van der Waals surface area (Å²) in [5.41, 5.74) is 1.19. The second-order valence-electron chi connectivity index (χ2n) is 4.71. The summed E-state index contributed by atoms with van der Waals surface area (Å²) < 4.78 is 11.1. The van der Waals surface area contributed by atoms with Crippen molar-refractivity contribution in [2.24, 2.45) is 5.41 Å². The molecule has 0 aromatic heterocycles. The Morgan fingerprint density at radius 1 is 1.35 bits per heavy atom. The normalized spacial score (nSPS) is 19.1. The van der Waals surface area contributed by atoms with Gasteiger partial charge in [0.2, 0.25) is 0 Å². The van der Waals surface area contributed by atoms with E-state index in [4.69, 9.17) is 9.31 Å². The molecular formula is C12H15BO4. The Morgan fingerprint density at radius 2 is 1.94 bits per heavy atom. The number of hydrogen-bond acceptors (Lipinski definition) is 4. The number of aldehydes is 1. The van der Waals surface area contributed by atoms with Crippen LogP contribution in [0.25, 0.3) is 0 Å². The Kier molecular flexibility index (Phi) is 3.62. The minimum absolute atomic E-state index is 0.0454. The van der Waals surface area contributed by atoms with E-state index in [0.29, 0.717) is 18.8 Å². The Labute approximate surface area is 101 Å². The maximum absolute atomic E-state index is 10.5.